The number of terminal acetylenes is 1. The lowest BCUT2D eigenvalue weighted by molar-refractivity contribution is -0.117. The van der Waals surface area contributed by atoms with E-state index < -0.39 is 0 Å². The van der Waals surface area contributed by atoms with E-state index in [4.69, 9.17) is 9.47 Å². The summed E-state index contributed by atoms with van der Waals surface area (Å²) in [5.74, 6) is 2.30. The number of nitrogens with zero attached hydrogens (tertiary/aromatic N) is 1. The lowest BCUT2D eigenvalue weighted by Gasteiger charge is -2.05. The summed E-state index contributed by atoms with van der Waals surface area (Å²) in [5, 5.41) is 7.65. The van der Waals surface area contributed by atoms with E-state index in [9.17, 15) is 23.6 Å². The van der Waals surface area contributed by atoms with E-state index in [0.29, 0.717) is 37.3 Å². The molecule has 10 nitrogen and oxygen atoms in total. The molecule has 0 spiro atoms. The zero-order chi connectivity index (χ0) is 44.0. The third-order valence-electron chi connectivity index (χ3n) is 6.47. The zero-order valence-electron chi connectivity index (χ0n) is 35.6. The van der Waals surface area contributed by atoms with Crippen LogP contribution in [0.5, 0.6) is 0 Å². The molecule has 0 unspecified atom stereocenters. The first kappa shape index (κ1) is 62.2. The number of ether oxygens (including phenoxy) is 2. The molecule has 326 valence electrons. The number of allylic oxidation sites excluding steroid dienone is 1. The molecule has 3 amide bonds. The summed E-state index contributed by atoms with van der Waals surface area (Å²) in [6.45, 7) is 18.7. The average molecular weight is 819 g/mol. The lowest BCUT2D eigenvalue weighted by Crippen LogP contribution is -2.24. The molecular weight excluding hydrogens is 748 g/mol. The number of methoxy groups -OCH3 is 2. The van der Waals surface area contributed by atoms with Crippen molar-refractivity contribution in [3.05, 3.63) is 138 Å². The molecule has 0 saturated heterocycles. The van der Waals surface area contributed by atoms with Gasteiger partial charge in [-0.2, -0.15) is 0 Å². The number of anilines is 2. The number of hydrogen-bond donors (Lipinski definition) is 3. The molecule has 0 atom stereocenters. The molecule has 0 aliphatic carbocycles. The van der Waals surface area contributed by atoms with Crippen molar-refractivity contribution in [1.82, 2.24) is 10.3 Å². The van der Waals surface area contributed by atoms with Crippen molar-refractivity contribution in [2.45, 2.75) is 96.3 Å². The maximum absolute atomic E-state index is 12.8. The number of nitrogens with one attached hydrogen (secondary N) is 3. The second kappa shape index (κ2) is 41.7. The summed E-state index contributed by atoms with van der Waals surface area (Å²) < 4.78 is 22.6. The molecule has 0 aliphatic heterocycles. The second-order valence-corrected chi connectivity index (χ2v) is 11.8. The first-order valence-electron chi connectivity index (χ1n) is 18.1. The van der Waals surface area contributed by atoms with Gasteiger partial charge >= 0.3 is 6.03 Å². The first-order chi connectivity index (χ1) is 27.1. The van der Waals surface area contributed by atoms with Crippen molar-refractivity contribution in [1.29, 1.82) is 0 Å². The van der Waals surface area contributed by atoms with E-state index >= 15 is 0 Å². The molecule has 59 heavy (non-hydrogen) atoms. The number of aromatic nitrogens is 1. The van der Waals surface area contributed by atoms with Gasteiger partial charge in [0.15, 0.2) is 5.78 Å². The monoisotopic (exact) mass is 819 g/mol. The fourth-order valence-corrected chi connectivity index (χ4v) is 3.59. The van der Waals surface area contributed by atoms with Crippen molar-refractivity contribution in [3.63, 3.8) is 0 Å². The van der Waals surface area contributed by atoms with Crippen LogP contribution in [0.25, 0.3) is 0 Å². The molecule has 4 aromatic rings. The van der Waals surface area contributed by atoms with Crippen molar-refractivity contribution >= 4 is 34.9 Å². The van der Waals surface area contributed by atoms with Crippen LogP contribution in [0.4, 0.5) is 20.6 Å². The van der Waals surface area contributed by atoms with Gasteiger partial charge in [0.25, 0.3) is 0 Å². The van der Waals surface area contributed by atoms with Crippen LogP contribution in [0.2, 0.25) is 0 Å². The Morgan fingerprint density at radius 1 is 0.797 bits per heavy atom. The molecule has 1 aromatic heterocycles. The summed E-state index contributed by atoms with van der Waals surface area (Å²) in [6.07, 6.45) is 8.93. The van der Waals surface area contributed by atoms with Crippen LogP contribution >= 0.6 is 0 Å². The van der Waals surface area contributed by atoms with E-state index in [1.165, 1.54) is 43.3 Å². The number of rotatable bonds is 9. The van der Waals surface area contributed by atoms with E-state index in [1.807, 2.05) is 69.3 Å². The summed E-state index contributed by atoms with van der Waals surface area (Å²) in [4.78, 5) is 45.4. The number of ketones is 2. The third-order valence-corrected chi connectivity index (χ3v) is 6.47. The molecular formula is C48H71FN4O6. The molecule has 0 radical (unpaired) electrons. The molecule has 3 aromatic carbocycles. The highest BCUT2D eigenvalue weighted by Crippen LogP contribution is 2.13. The Hall–Kier alpha value is -5.96. The maximum atomic E-state index is 12.8. The molecule has 0 bridgehead atoms. The number of pyridine rings is 1. The molecule has 4 rings (SSSR count). The summed E-state index contributed by atoms with van der Waals surface area (Å²) in [5.41, 5.74) is 6.60. The topological polar surface area (TPSA) is 136 Å². The lowest BCUT2D eigenvalue weighted by atomic mass is 10.1. The van der Waals surface area contributed by atoms with Crippen LogP contribution in [0.15, 0.2) is 104 Å². The van der Waals surface area contributed by atoms with E-state index in [-0.39, 0.29) is 44.2 Å². The Morgan fingerprint density at radius 3 is 1.73 bits per heavy atom. The molecule has 11 heteroatoms. The molecule has 0 aliphatic rings. The Kier molecular flexibility index (Phi) is 44.0. The number of halogens is 1. The quantitative estimate of drug-likeness (QED) is 0.113. The van der Waals surface area contributed by atoms with Gasteiger partial charge in [-0.15, -0.1) is 12.3 Å². The van der Waals surface area contributed by atoms with Gasteiger partial charge in [-0.1, -0.05) is 83.3 Å². The van der Waals surface area contributed by atoms with Crippen LogP contribution in [0.1, 0.15) is 90.3 Å². The van der Waals surface area contributed by atoms with E-state index in [1.54, 1.807) is 47.3 Å². The van der Waals surface area contributed by atoms with Gasteiger partial charge in [-0.05, 0) is 99.8 Å². The van der Waals surface area contributed by atoms with Crippen LogP contribution in [0.3, 0.4) is 0 Å². The van der Waals surface area contributed by atoms with Crippen molar-refractivity contribution in [2.75, 3.05) is 31.9 Å². The van der Waals surface area contributed by atoms with Gasteiger partial charge < -0.3 is 30.2 Å². The third kappa shape index (κ3) is 40.1. The number of amides is 3. The Morgan fingerprint density at radius 2 is 1.34 bits per heavy atom. The molecule has 3 N–H and O–H groups in total. The van der Waals surface area contributed by atoms with Crippen LogP contribution in [0, 0.1) is 38.9 Å². The van der Waals surface area contributed by atoms with Gasteiger partial charge in [0, 0.05) is 58.6 Å². The van der Waals surface area contributed by atoms with Crippen molar-refractivity contribution in [3.8, 4) is 12.3 Å². The highest BCUT2D eigenvalue weighted by atomic mass is 19.1. The number of aryl methyl sites for hydroxylation is 3. The minimum Gasteiger partial charge on any atom is -0.380 e. The normalized spacial score (nSPS) is 8.46. The minimum absolute atomic E-state index is 0. The average Bonchev–Trinajstić information content (AvgIpc) is 3.18. The fourth-order valence-electron chi connectivity index (χ4n) is 3.59. The Balaban J connectivity index is -0.000000198. The summed E-state index contributed by atoms with van der Waals surface area (Å²) >= 11 is 0. The van der Waals surface area contributed by atoms with Gasteiger partial charge in [-0.3, -0.25) is 14.6 Å². The highest BCUT2D eigenvalue weighted by molar-refractivity contribution is 5.89. The molecule has 0 fully saturated rings. The number of urea groups is 1. The smallest absolute Gasteiger partial charge is 0.318 e. The Bertz CT molecular complexity index is 1760. The number of benzene rings is 3. The van der Waals surface area contributed by atoms with Crippen molar-refractivity contribution in [2.24, 2.45) is 0 Å². The van der Waals surface area contributed by atoms with E-state index in [0.717, 1.165) is 16.9 Å². The predicted molar refractivity (Wildman–Crippen MR) is 246 cm³/mol. The summed E-state index contributed by atoms with van der Waals surface area (Å²) in [7, 11) is 4.89. The maximum Gasteiger partial charge on any atom is 0.318 e. The molecule has 0 saturated carbocycles. The minimum atomic E-state index is -0.314. The first-order valence-corrected chi connectivity index (χ1v) is 18.1. The zero-order valence-corrected chi connectivity index (χ0v) is 35.6. The summed E-state index contributed by atoms with van der Waals surface area (Å²) in [6, 6.07) is 25.9. The van der Waals surface area contributed by atoms with Gasteiger partial charge in [0.2, 0.25) is 5.91 Å². The SMILES string of the molecule is C.C.C#CC.C=CC(=O)CC.CC(=O)Nc1cccc(C)c1.CCC(C)=O.CNC(=O)Nc1ccc(F)c(C)c1.COCc1cccc(C)c1.COCc1ccccn1. The Labute approximate surface area is 355 Å². The predicted octanol–water partition coefficient (Wildman–Crippen LogP) is 11.3. The number of hydrogen-bond acceptors (Lipinski definition) is 7. The van der Waals surface area contributed by atoms with Crippen LogP contribution in [-0.4, -0.2) is 49.8 Å². The van der Waals surface area contributed by atoms with Gasteiger partial charge in [-0.25, -0.2) is 9.18 Å². The number of carbonyl (C=O) groups is 4. The highest BCUT2D eigenvalue weighted by Gasteiger charge is 2.01. The van der Waals surface area contributed by atoms with Crippen molar-refractivity contribution < 1.29 is 33.0 Å². The molecule has 1 heterocycles. The largest absolute Gasteiger partial charge is 0.380 e. The van der Waals surface area contributed by atoms with Gasteiger partial charge in [0.05, 0.1) is 18.9 Å². The van der Waals surface area contributed by atoms with Crippen LogP contribution < -0.4 is 16.0 Å². The standard InChI is InChI=1S/C9H11FN2O.C9H11NO.C9H12O.C7H9NO.C5H8O.C4H8O.C3H4.2CH4/c1-6-5-7(3-4-8(6)10)12-9(13)11-2;1-7-4-3-5-9(6-7)10-8(2)11;1-8-4-3-5-9(6-8)7-10-2;1-9-6-7-4-2-3-5-8-7;1-3-5(6)4-2;1-3-4(2)5;1-3-2;;/h3-5H,1-2H3,(H2,11,12,13);3-6H,1-2H3,(H,10,11);3-6H,7H2,1-2H3;2-5H,6H2,1H3;3H,1,4H2,2H3;3H2,1-2H3;1H,2H3;2*1H4. The van der Waals surface area contributed by atoms with Gasteiger partial charge in [0.1, 0.15) is 11.6 Å². The second-order valence-electron chi connectivity index (χ2n) is 11.8. The number of Topliss-reactive ketones (excluding diaryl/α,β-unsaturated/α-hetero) is 1. The van der Waals surface area contributed by atoms with Crippen LogP contribution in [-0.2, 0) is 37.1 Å². The fraction of sp³-hybridized carbons (Fsp3) is 0.354. The van der Waals surface area contributed by atoms with E-state index in [2.05, 4.69) is 65.0 Å². The number of carbonyl (C=O) groups excluding carboxylic acids is 4.